The molecule has 2 heterocycles. The molecule has 0 saturated carbocycles. The Morgan fingerprint density at radius 2 is 1.87 bits per heavy atom. The zero-order valence-electron chi connectivity index (χ0n) is 18.4. The normalized spacial score (nSPS) is 15.8. The Morgan fingerprint density at radius 3 is 2.42 bits per heavy atom. The van der Waals surface area contributed by atoms with Crippen molar-refractivity contribution in [1.29, 1.82) is 0 Å². The van der Waals surface area contributed by atoms with Crippen LogP contribution in [0.4, 0.5) is 26.1 Å². The number of hydrogen-bond acceptors (Lipinski definition) is 8. The average Bonchev–Trinajstić information content (AvgIpc) is 3.06. The Hall–Kier alpha value is -2.88. The summed E-state index contributed by atoms with van der Waals surface area (Å²) in [7, 11) is 1.59. The van der Waals surface area contributed by atoms with Gasteiger partial charge in [-0.3, -0.25) is 5.01 Å². The molecule has 3 rings (SSSR count). The van der Waals surface area contributed by atoms with Crippen molar-refractivity contribution in [2.75, 3.05) is 42.4 Å². The zero-order chi connectivity index (χ0) is 22.8. The summed E-state index contributed by atoms with van der Waals surface area (Å²) in [5, 5.41) is 1.36. The maximum atomic E-state index is 13.8. The van der Waals surface area contributed by atoms with E-state index in [1.807, 2.05) is 45.0 Å². The molecule has 10 heteroatoms. The molecule has 2 aromatic rings. The summed E-state index contributed by atoms with van der Waals surface area (Å²) in [6, 6.07) is 7.43. The second-order valence-electron chi connectivity index (χ2n) is 8.92. The van der Waals surface area contributed by atoms with Gasteiger partial charge in [-0.2, -0.15) is 9.97 Å². The highest BCUT2D eigenvalue weighted by Crippen LogP contribution is 2.37. The maximum absolute atomic E-state index is 13.8. The highest BCUT2D eigenvalue weighted by molar-refractivity contribution is 5.76. The zero-order valence-corrected chi connectivity index (χ0v) is 18.4. The molecule has 0 spiro atoms. The number of anilines is 3. The van der Waals surface area contributed by atoms with Gasteiger partial charge < -0.3 is 20.1 Å². The first-order chi connectivity index (χ1) is 14.5. The molecular formula is C21H30F2N6O2. The van der Waals surface area contributed by atoms with Gasteiger partial charge in [0.25, 0.3) is 5.92 Å². The Morgan fingerprint density at radius 1 is 1.19 bits per heavy atom. The Labute approximate surface area is 181 Å². The first-order valence-electron chi connectivity index (χ1n) is 10.1. The number of nitrogens with two attached hydrogens (primary N) is 2. The predicted octanol–water partition coefficient (Wildman–Crippen LogP) is 3.22. The van der Waals surface area contributed by atoms with Gasteiger partial charge in [-0.05, 0) is 23.1 Å². The van der Waals surface area contributed by atoms with Gasteiger partial charge in [0.1, 0.15) is 11.4 Å². The van der Waals surface area contributed by atoms with Crippen LogP contribution in [0, 0.1) is 5.41 Å². The molecule has 8 nitrogen and oxygen atoms in total. The third-order valence-electron chi connectivity index (χ3n) is 4.77. The van der Waals surface area contributed by atoms with Gasteiger partial charge in [-0.1, -0.05) is 32.9 Å². The maximum Gasteiger partial charge on any atom is 0.320 e. The second kappa shape index (κ2) is 8.70. The van der Waals surface area contributed by atoms with E-state index in [0.717, 1.165) is 11.3 Å². The van der Waals surface area contributed by atoms with Gasteiger partial charge in [0.05, 0.1) is 26.8 Å². The van der Waals surface area contributed by atoms with Crippen molar-refractivity contribution in [2.24, 2.45) is 11.3 Å². The predicted molar refractivity (Wildman–Crippen MR) is 117 cm³/mol. The third kappa shape index (κ3) is 5.84. The van der Waals surface area contributed by atoms with Crippen LogP contribution in [0.25, 0.3) is 0 Å². The fourth-order valence-corrected chi connectivity index (χ4v) is 3.15. The molecule has 1 aliphatic rings. The van der Waals surface area contributed by atoms with Crippen molar-refractivity contribution in [2.45, 2.75) is 39.7 Å². The van der Waals surface area contributed by atoms with E-state index >= 15 is 0 Å². The lowest BCUT2D eigenvalue weighted by molar-refractivity contribution is 0.0256. The van der Waals surface area contributed by atoms with Crippen LogP contribution in [0.1, 0.15) is 32.8 Å². The average molecular weight is 437 g/mol. The fraction of sp³-hybridized carbons (Fsp3) is 0.524. The van der Waals surface area contributed by atoms with E-state index < -0.39 is 12.5 Å². The Balaban J connectivity index is 1.91. The molecule has 170 valence electrons. The van der Waals surface area contributed by atoms with Crippen molar-refractivity contribution in [3.63, 3.8) is 0 Å². The van der Waals surface area contributed by atoms with Crippen LogP contribution in [0.3, 0.4) is 0 Å². The van der Waals surface area contributed by atoms with Crippen molar-refractivity contribution in [3.8, 4) is 11.8 Å². The summed E-state index contributed by atoms with van der Waals surface area (Å²) in [4.78, 5) is 10.2. The summed E-state index contributed by atoms with van der Waals surface area (Å²) in [6.45, 7) is 6.32. The SMILES string of the molecule is COc1ccc(CN(N)c2nc(OCC(C)(C)C)nc(N3CCC(F)(F)C3)c2N)cc1. The van der Waals surface area contributed by atoms with E-state index in [4.69, 9.17) is 21.1 Å². The molecule has 1 aromatic heterocycles. The molecule has 0 radical (unpaired) electrons. The first-order valence-corrected chi connectivity index (χ1v) is 10.1. The number of hydrogen-bond donors (Lipinski definition) is 2. The number of nitrogens with zero attached hydrogens (tertiary/aromatic N) is 4. The lowest BCUT2D eigenvalue weighted by Gasteiger charge is -2.25. The van der Waals surface area contributed by atoms with Crippen LogP contribution >= 0.6 is 0 Å². The van der Waals surface area contributed by atoms with E-state index in [0.29, 0.717) is 13.2 Å². The van der Waals surface area contributed by atoms with Crippen molar-refractivity contribution >= 4 is 17.3 Å². The number of halogens is 2. The van der Waals surface area contributed by atoms with Gasteiger partial charge >= 0.3 is 6.01 Å². The van der Waals surface area contributed by atoms with E-state index in [1.54, 1.807) is 7.11 Å². The molecule has 1 aliphatic heterocycles. The molecule has 1 saturated heterocycles. The lowest BCUT2D eigenvalue weighted by atomic mass is 9.99. The molecule has 31 heavy (non-hydrogen) atoms. The molecule has 0 atom stereocenters. The van der Waals surface area contributed by atoms with Gasteiger partial charge in [-0.15, -0.1) is 0 Å². The number of hydrazine groups is 1. The number of methoxy groups -OCH3 is 1. The smallest absolute Gasteiger partial charge is 0.320 e. The van der Waals surface area contributed by atoms with Crippen LogP contribution in [0.15, 0.2) is 24.3 Å². The number of ether oxygens (including phenoxy) is 2. The van der Waals surface area contributed by atoms with Gasteiger partial charge in [0, 0.05) is 13.0 Å². The molecule has 4 N–H and O–H groups in total. The minimum atomic E-state index is -2.80. The molecule has 0 aliphatic carbocycles. The van der Waals surface area contributed by atoms with Crippen LogP contribution in [-0.2, 0) is 6.54 Å². The van der Waals surface area contributed by atoms with Crippen molar-refractivity contribution in [1.82, 2.24) is 9.97 Å². The molecule has 0 unspecified atom stereocenters. The van der Waals surface area contributed by atoms with Gasteiger partial charge in [0.2, 0.25) is 0 Å². The quantitative estimate of drug-likeness (QED) is 0.504. The molecule has 1 aromatic carbocycles. The molecule has 0 amide bonds. The molecule has 1 fully saturated rings. The monoisotopic (exact) mass is 436 g/mol. The van der Waals surface area contributed by atoms with Gasteiger partial charge in [-0.25, -0.2) is 14.6 Å². The number of aromatic nitrogens is 2. The lowest BCUT2D eigenvalue weighted by Crippen LogP contribution is -2.33. The largest absolute Gasteiger partial charge is 0.497 e. The van der Waals surface area contributed by atoms with Crippen LogP contribution in [0.5, 0.6) is 11.8 Å². The highest BCUT2D eigenvalue weighted by Gasteiger charge is 2.40. The van der Waals surface area contributed by atoms with E-state index in [2.05, 4.69) is 9.97 Å². The minimum absolute atomic E-state index is 0.0505. The topological polar surface area (TPSA) is 103 Å². The van der Waals surface area contributed by atoms with E-state index in [-0.39, 0.29) is 41.7 Å². The summed E-state index contributed by atoms with van der Waals surface area (Å²) in [5.74, 6) is 4.64. The van der Waals surface area contributed by atoms with Crippen LogP contribution in [0.2, 0.25) is 0 Å². The highest BCUT2D eigenvalue weighted by atomic mass is 19.3. The second-order valence-corrected chi connectivity index (χ2v) is 8.92. The third-order valence-corrected chi connectivity index (χ3v) is 4.77. The number of benzene rings is 1. The Kier molecular flexibility index (Phi) is 6.40. The van der Waals surface area contributed by atoms with Crippen LogP contribution in [-0.4, -0.2) is 42.7 Å². The minimum Gasteiger partial charge on any atom is -0.497 e. The standard InChI is InChI=1S/C21H30F2N6O2/c1-20(2,3)13-31-19-26-17(28-10-9-21(22,23)12-28)16(24)18(27-19)29(25)11-14-5-7-15(30-4)8-6-14/h5-8H,9-13,24-25H2,1-4H3. The molecule has 0 bridgehead atoms. The Bertz CT molecular complexity index is 902. The van der Waals surface area contributed by atoms with Gasteiger partial charge in [0.15, 0.2) is 11.6 Å². The summed E-state index contributed by atoms with van der Waals surface area (Å²) < 4.78 is 38.6. The van der Waals surface area contributed by atoms with E-state index in [1.165, 1.54) is 9.91 Å². The molecular weight excluding hydrogens is 406 g/mol. The van der Waals surface area contributed by atoms with Crippen molar-refractivity contribution in [3.05, 3.63) is 29.8 Å². The summed E-state index contributed by atoms with van der Waals surface area (Å²) in [6.07, 6.45) is -0.262. The fourth-order valence-electron chi connectivity index (χ4n) is 3.15. The number of nitrogen functional groups attached to an aromatic ring is 1. The van der Waals surface area contributed by atoms with E-state index in [9.17, 15) is 8.78 Å². The summed E-state index contributed by atoms with van der Waals surface area (Å²) in [5.41, 5.74) is 7.18. The van der Waals surface area contributed by atoms with Crippen LogP contribution < -0.4 is 31.0 Å². The number of alkyl halides is 2. The first kappa shape index (κ1) is 22.8. The summed E-state index contributed by atoms with van der Waals surface area (Å²) >= 11 is 0. The number of rotatable bonds is 7. The van der Waals surface area contributed by atoms with Crippen molar-refractivity contribution < 1.29 is 18.3 Å².